The summed E-state index contributed by atoms with van der Waals surface area (Å²) in [4.78, 5) is 25.5. The van der Waals surface area contributed by atoms with Gasteiger partial charge in [-0.2, -0.15) is 0 Å². The third-order valence-electron chi connectivity index (χ3n) is 3.53. The number of likely N-dealkylation sites (tertiary alicyclic amines) is 1. The Morgan fingerprint density at radius 3 is 2.45 bits per heavy atom. The van der Waals surface area contributed by atoms with Crippen LogP contribution >= 0.6 is 0 Å². The van der Waals surface area contributed by atoms with Crippen molar-refractivity contribution in [2.75, 3.05) is 13.1 Å². The van der Waals surface area contributed by atoms with E-state index in [1.54, 1.807) is 20.8 Å². The summed E-state index contributed by atoms with van der Waals surface area (Å²) in [5.41, 5.74) is -0.494. The Kier molecular flexibility index (Phi) is 4.53. The van der Waals surface area contributed by atoms with Crippen molar-refractivity contribution in [1.82, 2.24) is 9.91 Å². The fourth-order valence-corrected chi connectivity index (χ4v) is 2.46. The molecule has 6 heteroatoms. The fourth-order valence-electron chi connectivity index (χ4n) is 2.46. The minimum atomic E-state index is -1.00. The van der Waals surface area contributed by atoms with Gasteiger partial charge in [0.2, 0.25) is 0 Å². The number of carbonyl (C=O) groups is 2. The first-order chi connectivity index (χ1) is 10.3. The maximum absolute atomic E-state index is 12.0. The van der Waals surface area contributed by atoms with Gasteiger partial charge in [-0.05, 0) is 26.3 Å². The zero-order valence-corrected chi connectivity index (χ0v) is 13.3. The number of carbonyl (C=O) groups excluding carboxylic acids is 2. The molecule has 2 rings (SSSR count). The second-order valence-corrected chi connectivity index (χ2v) is 6.70. The van der Waals surface area contributed by atoms with Crippen LogP contribution in [0.5, 0.6) is 0 Å². The van der Waals surface area contributed by atoms with Gasteiger partial charge < -0.3 is 9.53 Å². The van der Waals surface area contributed by atoms with E-state index in [0.717, 1.165) is 23.4 Å². The number of nitrogens with two attached hydrogens (primary N) is 1. The van der Waals surface area contributed by atoms with Crippen LogP contribution in [0.3, 0.4) is 0 Å². The zero-order valence-electron chi connectivity index (χ0n) is 13.3. The van der Waals surface area contributed by atoms with Gasteiger partial charge in [-0.25, -0.2) is 15.6 Å². The molecular formula is C16H23N3O3. The van der Waals surface area contributed by atoms with Gasteiger partial charge in [0.05, 0.1) is 0 Å². The third-order valence-corrected chi connectivity index (χ3v) is 3.53. The summed E-state index contributed by atoms with van der Waals surface area (Å²) >= 11 is 0. The second kappa shape index (κ2) is 6.06. The molecule has 2 N–H and O–H groups in total. The maximum Gasteiger partial charge on any atom is 0.425 e. The fraction of sp³-hybridized carbons (Fsp3) is 0.500. The molecule has 1 aliphatic rings. The summed E-state index contributed by atoms with van der Waals surface area (Å²) in [7, 11) is 0. The van der Waals surface area contributed by atoms with E-state index in [1.165, 1.54) is 0 Å². The summed E-state index contributed by atoms with van der Waals surface area (Å²) in [5.74, 6) is 5.83. The maximum atomic E-state index is 12.0. The van der Waals surface area contributed by atoms with Crippen molar-refractivity contribution in [2.45, 2.75) is 38.5 Å². The molecule has 0 spiro atoms. The quantitative estimate of drug-likeness (QED) is 0.395. The SMILES string of the molecule is CC(C)(C)OC(=O)N(N)C1(C=O)CN(Cc2ccccc2)C1. The number of hydrogen-bond donors (Lipinski definition) is 1. The molecule has 0 unspecified atom stereocenters. The average Bonchev–Trinajstić information content (AvgIpc) is 2.41. The molecule has 1 fully saturated rings. The van der Waals surface area contributed by atoms with E-state index >= 15 is 0 Å². The Morgan fingerprint density at radius 2 is 1.95 bits per heavy atom. The van der Waals surface area contributed by atoms with Crippen LogP contribution in [0.2, 0.25) is 0 Å². The van der Waals surface area contributed by atoms with Crippen LogP contribution in [-0.4, -0.2) is 46.5 Å². The van der Waals surface area contributed by atoms with Crippen molar-refractivity contribution in [3.63, 3.8) is 0 Å². The van der Waals surface area contributed by atoms with Gasteiger partial charge >= 0.3 is 6.09 Å². The van der Waals surface area contributed by atoms with Gasteiger partial charge in [0.25, 0.3) is 0 Å². The highest BCUT2D eigenvalue weighted by atomic mass is 16.6. The topological polar surface area (TPSA) is 75.9 Å². The Balaban J connectivity index is 1.95. The summed E-state index contributed by atoms with van der Waals surface area (Å²) in [6.07, 6.45) is 0.0530. The number of hydrazine groups is 1. The predicted octanol–water partition coefficient (Wildman–Crippen LogP) is 1.55. The van der Waals surface area contributed by atoms with Gasteiger partial charge in [-0.3, -0.25) is 4.90 Å². The van der Waals surface area contributed by atoms with Crippen LogP contribution in [0.4, 0.5) is 4.79 Å². The van der Waals surface area contributed by atoms with Crippen molar-refractivity contribution < 1.29 is 14.3 Å². The summed E-state index contributed by atoms with van der Waals surface area (Å²) < 4.78 is 5.22. The van der Waals surface area contributed by atoms with E-state index in [-0.39, 0.29) is 0 Å². The van der Waals surface area contributed by atoms with E-state index in [0.29, 0.717) is 13.1 Å². The molecule has 6 nitrogen and oxygen atoms in total. The van der Waals surface area contributed by atoms with E-state index in [4.69, 9.17) is 10.6 Å². The zero-order chi connectivity index (χ0) is 16.4. The van der Waals surface area contributed by atoms with E-state index in [2.05, 4.69) is 4.90 Å². The normalized spacial score (nSPS) is 17.5. The highest BCUT2D eigenvalue weighted by Gasteiger charge is 2.50. The van der Waals surface area contributed by atoms with Crippen LogP contribution in [-0.2, 0) is 16.1 Å². The van der Waals surface area contributed by atoms with Gasteiger partial charge in [-0.15, -0.1) is 0 Å². The molecule has 1 saturated heterocycles. The molecule has 1 aromatic carbocycles. The number of rotatable bonds is 4. The Hall–Kier alpha value is -1.92. The molecule has 0 aliphatic carbocycles. The van der Waals surface area contributed by atoms with Crippen molar-refractivity contribution in [3.8, 4) is 0 Å². The van der Waals surface area contributed by atoms with Crippen molar-refractivity contribution in [1.29, 1.82) is 0 Å². The van der Waals surface area contributed by atoms with E-state index < -0.39 is 17.2 Å². The highest BCUT2D eigenvalue weighted by molar-refractivity contribution is 5.78. The third kappa shape index (κ3) is 3.64. The second-order valence-electron chi connectivity index (χ2n) is 6.70. The summed E-state index contributed by atoms with van der Waals surface area (Å²) in [6, 6.07) is 9.94. The first-order valence-electron chi connectivity index (χ1n) is 7.26. The Labute approximate surface area is 130 Å². The minimum absolute atomic E-state index is 0.404. The molecule has 0 atom stereocenters. The number of benzene rings is 1. The molecule has 0 aromatic heterocycles. The number of nitrogens with zero attached hydrogens (tertiary/aromatic N) is 2. The molecular weight excluding hydrogens is 282 g/mol. The molecule has 22 heavy (non-hydrogen) atoms. The average molecular weight is 305 g/mol. The number of amides is 1. The molecule has 1 aromatic rings. The van der Waals surface area contributed by atoms with Crippen molar-refractivity contribution >= 4 is 12.4 Å². The van der Waals surface area contributed by atoms with Crippen LogP contribution in [0, 0.1) is 0 Å². The van der Waals surface area contributed by atoms with Crippen LogP contribution in [0.1, 0.15) is 26.3 Å². The molecule has 0 radical (unpaired) electrons. The minimum Gasteiger partial charge on any atom is -0.443 e. The standard InChI is InChI=1S/C16H23N3O3/c1-15(2,3)22-14(21)19(17)16(12-20)10-18(11-16)9-13-7-5-4-6-8-13/h4-8,12H,9-11,17H2,1-3H3. The first kappa shape index (κ1) is 16.5. The van der Waals surface area contributed by atoms with Gasteiger partial charge in [0.1, 0.15) is 17.4 Å². The molecule has 0 bridgehead atoms. The molecule has 1 amide bonds. The van der Waals surface area contributed by atoms with E-state index in [9.17, 15) is 9.59 Å². The number of aldehydes is 1. The summed E-state index contributed by atoms with van der Waals surface area (Å²) in [5, 5.41) is 0.923. The smallest absolute Gasteiger partial charge is 0.425 e. The molecule has 1 heterocycles. The van der Waals surface area contributed by atoms with Crippen LogP contribution in [0.25, 0.3) is 0 Å². The van der Waals surface area contributed by atoms with Gasteiger partial charge in [0.15, 0.2) is 0 Å². The summed E-state index contributed by atoms with van der Waals surface area (Å²) in [6.45, 7) is 6.80. The Bertz CT molecular complexity index is 533. The van der Waals surface area contributed by atoms with Crippen molar-refractivity contribution in [3.05, 3.63) is 35.9 Å². The lowest BCUT2D eigenvalue weighted by molar-refractivity contribution is -0.132. The largest absolute Gasteiger partial charge is 0.443 e. The first-order valence-corrected chi connectivity index (χ1v) is 7.26. The van der Waals surface area contributed by atoms with Crippen LogP contribution in [0.15, 0.2) is 30.3 Å². The molecule has 120 valence electrons. The lowest BCUT2D eigenvalue weighted by Crippen LogP contribution is -2.74. The lowest BCUT2D eigenvalue weighted by Gasteiger charge is -2.50. The van der Waals surface area contributed by atoms with Crippen molar-refractivity contribution in [2.24, 2.45) is 5.84 Å². The van der Waals surface area contributed by atoms with Gasteiger partial charge in [-0.1, -0.05) is 30.3 Å². The molecule has 1 aliphatic heterocycles. The number of hydrogen-bond acceptors (Lipinski definition) is 5. The highest BCUT2D eigenvalue weighted by Crippen LogP contribution is 2.27. The predicted molar refractivity (Wildman–Crippen MR) is 82.8 cm³/mol. The monoisotopic (exact) mass is 305 g/mol. The lowest BCUT2D eigenvalue weighted by atomic mass is 9.90. The number of ether oxygens (including phenoxy) is 1. The molecule has 0 saturated carbocycles. The van der Waals surface area contributed by atoms with E-state index in [1.807, 2.05) is 30.3 Å². The Morgan fingerprint density at radius 1 is 1.36 bits per heavy atom. The van der Waals surface area contributed by atoms with Gasteiger partial charge in [0, 0.05) is 19.6 Å². The van der Waals surface area contributed by atoms with Crippen LogP contribution < -0.4 is 5.84 Å².